The Bertz CT molecular complexity index is 943. The fourth-order valence-electron chi connectivity index (χ4n) is 3.81. The van der Waals surface area contributed by atoms with Gasteiger partial charge in [-0.2, -0.15) is 0 Å². The summed E-state index contributed by atoms with van der Waals surface area (Å²) in [4.78, 5) is 13.5. The second-order valence-electron chi connectivity index (χ2n) is 7.94. The number of thiophene rings is 1. The van der Waals surface area contributed by atoms with E-state index in [1.807, 2.05) is 4.52 Å². The molecule has 0 radical (unpaired) electrons. The van der Waals surface area contributed by atoms with Gasteiger partial charge in [0.2, 0.25) is 5.82 Å². The lowest BCUT2D eigenvalue weighted by Crippen LogP contribution is -3.14. The Kier molecular flexibility index (Phi) is 5.15. The van der Waals surface area contributed by atoms with Gasteiger partial charge in [0.15, 0.2) is 5.65 Å². The Hall–Kier alpha value is -1.61. The van der Waals surface area contributed by atoms with Crippen LogP contribution >= 0.6 is 11.3 Å². The van der Waals surface area contributed by atoms with Gasteiger partial charge in [0, 0.05) is 11.3 Å². The predicted molar refractivity (Wildman–Crippen MR) is 106 cm³/mol. The number of quaternary nitrogens is 2. The lowest BCUT2D eigenvalue weighted by atomic mass is 9.94. The highest BCUT2D eigenvalue weighted by Gasteiger charge is 2.30. The number of nitrogens with two attached hydrogens (primary N) is 1. The molecule has 0 bridgehead atoms. The van der Waals surface area contributed by atoms with Gasteiger partial charge in [-0.05, 0) is 33.3 Å². The summed E-state index contributed by atoms with van der Waals surface area (Å²) in [6.45, 7) is 14.9. The molecule has 3 aromatic heterocycles. The zero-order chi connectivity index (χ0) is 19.0. The Balaban J connectivity index is 1.57. The highest BCUT2D eigenvalue weighted by molar-refractivity contribution is 7.19. The molecular formula is C19H30N6OS+2. The number of aromatic nitrogens is 4. The molecule has 4 heterocycles. The minimum atomic E-state index is -0.142. The lowest BCUT2D eigenvalue weighted by molar-refractivity contribution is -0.910. The van der Waals surface area contributed by atoms with Crippen molar-refractivity contribution < 1.29 is 15.0 Å². The number of hydrogen-bond donors (Lipinski definition) is 2. The molecule has 7 nitrogen and oxygen atoms in total. The van der Waals surface area contributed by atoms with Crippen LogP contribution in [0.25, 0.3) is 15.9 Å². The summed E-state index contributed by atoms with van der Waals surface area (Å²) in [7, 11) is 0. The van der Waals surface area contributed by atoms with Crippen molar-refractivity contribution in [3.05, 3.63) is 22.6 Å². The SMILES string of the molecule is CC[NH+](CC)CC[NH2+]Cc1nc2c3c4c(sc3ncn2n1)COC(C)(C)C4. The van der Waals surface area contributed by atoms with Crippen LogP contribution in [0.4, 0.5) is 0 Å². The van der Waals surface area contributed by atoms with E-state index in [0.717, 1.165) is 35.8 Å². The first-order valence-corrected chi connectivity index (χ1v) is 10.8. The third kappa shape index (κ3) is 3.71. The van der Waals surface area contributed by atoms with Crippen molar-refractivity contribution in [2.24, 2.45) is 0 Å². The zero-order valence-electron chi connectivity index (χ0n) is 16.7. The maximum Gasteiger partial charge on any atom is 0.206 e. The summed E-state index contributed by atoms with van der Waals surface area (Å²) in [6, 6.07) is 0. The molecule has 1 aliphatic rings. The number of likely N-dealkylation sites (N-methyl/N-ethyl adjacent to an activating group) is 1. The number of fused-ring (bicyclic) bond motifs is 5. The van der Waals surface area contributed by atoms with E-state index in [0.29, 0.717) is 6.61 Å². The highest BCUT2D eigenvalue weighted by atomic mass is 32.1. The number of rotatable bonds is 7. The molecule has 0 amide bonds. The van der Waals surface area contributed by atoms with Crippen molar-refractivity contribution in [1.29, 1.82) is 0 Å². The fourth-order valence-corrected chi connectivity index (χ4v) is 4.88. The molecule has 0 unspecified atom stereocenters. The van der Waals surface area contributed by atoms with E-state index in [4.69, 9.17) is 9.72 Å². The van der Waals surface area contributed by atoms with Gasteiger partial charge in [-0.25, -0.2) is 14.5 Å². The summed E-state index contributed by atoms with van der Waals surface area (Å²) in [5.74, 6) is 0.880. The number of hydrogen-bond acceptors (Lipinski definition) is 5. The third-order valence-electron chi connectivity index (χ3n) is 5.48. The summed E-state index contributed by atoms with van der Waals surface area (Å²) < 4.78 is 7.82. The largest absolute Gasteiger partial charge is 0.370 e. The Morgan fingerprint density at radius 1 is 1.33 bits per heavy atom. The first-order chi connectivity index (χ1) is 13.0. The number of ether oxygens (including phenoxy) is 1. The molecule has 1 aliphatic heterocycles. The van der Waals surface area contributed by atoms with Crippen LogP contribution in [-0.2, 0) is 24.3 Å². The van der Waals surface area contributed by atoms with Crippen LogP contribution in [0.2, 0.25) is 0 Å². The fraction of sp³-hybridized carbons (Fsp3) is 0.632. The van der Waals surface area contributed by atoms with Gasteiger partial charge in [0.1, 0.15) is 30.8 Å². The van der Waals surface area contributed by atoms with Crippen LogP contribution < -0.4 is 10.2 Å². The van der Waals surface area contributed by atoms with Crippen molar-refractivity contribution in [3.63, 3.8) is 0 Å². The highest BCUT2D eigenvalue weighted by Crippen LogP contribution is 2.39. The van der Waals surface area contributed by atoms with Crippen molar-refractivity contribution in [2.75, 3.05) is 26.2 Å². The molecule has 0 aliphatic carbocycles. The molecule has 146 valence electrons. The molecule has 4 rings (SSSR count). The van der Waals surface area contributed by atoms with Crippen LogP contribution in [0, 0.1) is 0 Å². The minimum absolute atomic E-state index is 0.142. The summed E-state index contributed by atoms with van der Waals surface area (Å²) in [6.07, 6.45) is 2.69. The normalized spacial score (nSPS) is 16.5. The zero-order valence-corrected chi connectivity index (χ0v) is 17.5. The smallest absolute Gasteiger partial charge is 0.206 e. The van der Waals surface area contributed by atoms with E-state index >= 15 is 0 Å². The lowest BCUT2D eigenvalue weighted by Gasteiger charge is -2.30. The van der Waals surface area contributed by atoms with Gasteiger partial charge in [-0.15, -0.1) is 16.4 Å². The van der Waals surface area contributed by atoms with E-state index in [9.17, 15) is 0 Å². The molecule has 3 aromatic rings. The van der Waals surface area contributed by atoms with Crippen molar-refractivity contribution in [2.45, 2.75) is 52.9 Å². The van der Waals surface area contributed by atoms with Gasteiger partial charge in [0.25, 0.3) is 0 Å². The number of nitrogens with one attached hydrogen (secondary N) is 1. The first-order valence-electron chi connectivity index (χ1n) is 9.94. The molecule has 0 fully saturated rings. The molecule has 3 N–H and O–H groups in total. The molecule has 0 aromatic carbocycles. The molecule has 27 heavy (non-hydrogen) atoms. The summed E-state index contributed by atoms with van der Waals surface area (Å²) in [5, 5.41) is 8.14. The summed E-state index contributed by atoms with van der Waals surface area (Å²) >= 11 is 1.73. The first kappa shape index (κ1) is 18.7. The van der Waals surface area contributed by atoms with Gasteiger partial charge in [0.05, 0.1) is 30.7 Å². The molecule has 0 spiro atoms. The average molecular weight is 391 g/mol. The standard InChI is InChI=1S/C19H28N6OS/c1-5-24(6-2)8-7-20-10-15-22-17-16-13-9-19(3,4)26-11-14(13)27-18(16)21-12-25(17)23-15/h12,20H,5-11H2,1-4H3/p+2. The van der Waals surface area contributed by atoms with Crippen LogP contribution in [0.1, 0.15) is 44.0 Å². The van der Waals surface area contributed by atoms with Gasteiger partial charge in [-0.1, -0.05) is 0 Å². The summed E-state index contributed by atoms with van der Waals surface area (Å²) in [5.41, 5.74) is 2.14. The Labute approximate surface area is 163 Å². The average Bonchev–Trinajstić information content (AvgIpc) is 3.21. The topological polar surface area (TPSA) is 73.4 Å². The molecule has 8 heteroatoms. The monoisotopic (exact) mass is 390 g/mol. The van der Waals surface area contributed by atoms with E-state index in [1.165, 1.54) is 35.5 Å². The van der Waals surface area contributed by atoms with E-state index in [2.05, 4.69) is 43.1 Å². The predicted octanol–water partition coefficient (Wildman–Crippen LogP) is 0.178. The van der Waals surface area contributed by atoms with Crippen molar-refractivity contribution in [3.8, 4) is 0 Å². The quantitative estimate of drug-likeness (QED) is 0.565. The van der Waals surface area contributed by atoms with Gasteiger partial charge >= 0.3 is 0 Å². The Morgan fingerprint density at radius 2 is 2.15 bits per heavy atom. The van der Waals surface area contributed by atoms with Crippen LogP contribution in [0.5, 0.6) is 0 Å². The molecule has 0 atom stereocenters. The number of nitrogens with zero attached hydrogens (tertiary/aromatic N) is 4. The second kappa shape index (κ2) is 7.43. The maximum absolute atomic E-state index is 5.97. The maximum atomic E-state index is 5.97. The van der Waals surface area contributed by atoms with Crippen LogP contribution in [0.3, 0.4) is 0 Å². The van der Waals surface area contributed by atoms with Crippen LogP contribution in [0.15, 0.2) is 6.33 Å². The molecular weight excluding hydrogens is 360 g/mol. The van der Waals surface area contributed by atoms with E-state index < -0.39 is 0 Å². The molecule has 0 saturated carbocycles. The Morgan fingerprint density at radius 3 is 2.93 bits per heavy atom. The van der Waals surface area contributed by atoms with Crippen LogP contribution in [-0.4, -0.2) is 51.4 Å². The third-order valence-corrected chi connectivity index (χ3v) is 6.59. The molecule has 0 saturated heterocycles. The minimum Gasteiger partial charge on any atom is -0.370 e. The van der Waals surface area contributed by atoms with Gasteiger partial charge < -0.3 is 15.0 Å². The van der Waals surface area contributed by atoms with Gasteiger partial charge in [-0.3, -0.25) is 0 Å². The van der Waals surface area contributed by atoms with E-state index in [-0.39, 0.29) is 5.60 Å². The van der Waals surface area contributed by atoms with Crippen molar-refractivity contribution in [1.82, 2.24) is 19.6 Å². The van der Waals surface area contributed by atoms with Crippen molar-refractivity contribution >= 4 is 27.2 Å². The second-order valence-corrected chi connectivity index (χ2v) is 9.02. The van der Waals surface area contributed by atoms with E-state index in [1.54, 1.807) is 22.6 Å².